The zero-order valence-corrected chi connectivity index (χ0v) is 18.0. The molecule has 162 valence electrons. The fraction of sp³-hybridized carbons (Fsp3) is 0.458. The average Bonchev–Trinajstić information content (AvgIpc) is 3.60. The number of rotatable bonds is 12. The summed E-state index contributed by atoms with van der Waals surface area (Å²) in [5.74, 6) is 3.32. The van der Waals surface area contributed by atoms with Gasteiger partial charge in [0.05, 0.1) is 19.8 Å². The lowest BCUT2D eigenvalue weighted by Crippen LogP contribution is -2.36. The number of benzene rings is 2. The Kier molecular flexibility index (Phi) is 8.84. The monoisotopic (exact) mass is 411 g/mol. The molecule has 3 rings (SSSR count). The molecule has 0 unspecified atom stereocenters. The molecular weight excluding hydrogens is 378 g/mol. The van der Waals surface area contributed by atoms with Crippen molar-refractivity contribution in [3.63, 3.8) is 0 Å². The summed E-state index contributed by atoms with van der Waals surface area (Å²) in [6, 6.07) is 16.2. The van der Waals surface area contributed by atoms with Crippen molar-refractivity contribution in [2.24, 2.45) is 10.9 Å². The summed E-state index contributed by atoms with van der Waals surface area (Å²) in [5, 5.41) is 6.72. The van der Waals surface area contributed by atoms with Gasteiger partial charge in [0.1, 0.15) is 18.1 Å². The van der Waals surface area contributed by atoms with Crippen molar-refractivity contribution in [1.82, 2.24) is 10.6 Å². The third kappa shape index (κ3) is 7.59. The van der Waals surface area contributed by atoms with Gasteiger partial charge in [-0.3, -0.25) is 0 Å². The second-order valence-electron chi connectivity index (χ2n) is 7.40. The highest BCUT2D eigenvalue weighted by molar-refractivity contribution is 5.79. The van der Waals surface area contributed by atoms with Crippen LogP contribution in [-0.2, 0) is 17.8 Å². The first-order valence-corrected chi connectivity index (χ1v) is 10.7. The van der Waals surface area contributed by atoms with E-state index in [9.17, 15) is 0 Å². The van der Waals surface area contributed by atoms with Crippen LogP contribution in [0, 0.1) is 5.92 Å². The smallest absolute Gasteiger partial charge is 0.191 e. The maximum absolute atomic E-state index is 6.01. The molecule has 2 N–H and O–H groups in total. The molecule has 2 aromatic carbocycles. The molecule has 0 aromatic heterocycles. The lowest BCUT2D eigenvalue weighted by atomic mass is 10.2. The number of ether oxygens (including phenoxy) is 3. The number of para-hydroxylation sites is 1. The van der Waals surface area contributed by atoms with E-state index >= 15 is 0 Å². The molecular formula is C24H33N3O3. The lowest BCUT2D eigenvalue weighted by molar-refractivity contribution is 0.146. The van der Waals surface area contributed by atoms with Crippen LogP contribution in [0.5, 0.6) is 11.5 Å². The second-order valence-corrected chi connectivity index (χ2v) is 7.40. The van der Waals surface area contributed by atoms with E-state index in [0.29, 0.717) is 26.3 Å². The van der Waals surface area contributed by atoms with Crippen LogP contribution in [-0.4, -0.2) is 39.4 Å². The molecule has 1 fully saturated rings. The van der Waals surface area contributed by atoms with Crippen molar-refractivity contribution in [1.29, 1.82) is 0 Å². The summed E-state index contributed by atoms with van der Waals surface area (Å²) >= 11 is 0. The predicted molar refractivity (Wildman–Crippen MR) is 120 cm³/mol. The van der Waals surface area contributed by atoms with Gasteiger partial charge in [-0.25, -0.2) is 4.99 Å². The van der Waals surface area contributed by atoms with E-state index in [-0.39, 0.29) is 0 Å². The van der Waals surface area contributed by atoms with Gasteiger partial charge in [-0.05, 0) is 49.4 Å². The van der Waals surface area contributed by atoms with Gasteiger partial charge in [-0.15, -0.1) is 0 Å². The van der Waals surface area contributed by atoms with Gasteiger partial charge in [0.15, 0.2) is 5.96 Å². The maximum atomic E-state index is 6.01. The summed E-state index contributed by atoms with van der Waals surface area (Å²) in [4.78, 5) is 4.71. The average molecular weight is 412 g/mol. The van der Waals surface area contributed by atoms with Crippen LogP contribution in [0.3, 0.4) is 0 Å². The van der Waals surface area contributed by atoms with Gasteiger partial charge in [0.2, 0.25) is 0 Å². The number of guanidine groups is 1. The first kappa shape index (κ1) is 22.0. The Morgan fingerprint density at radius 1 is 1.00 bits per heavy atom. The molecule has 0 amide bonds. The van der Waals surface area contributed by atoms with E-state index in [4.69, 9.17) is 19.2 Å². The Balaban J connectivity index is 1.53. The molecule has 0 spiro atoms. The van der Waals surface area contributed by atoms with Gasteiger partial charge in [0.25, 0.3) is 0 Å². The number of nitrogens with one attached hydrogen (secondary N) is 2. The van der Waals surface area contributed by atoms with Crippen LogP contribution in [0.15, 0.2) is 53.5 Å². The Morgan fingerprint density at radius 3 is 2.53 bits per heavy atom. The maximum Gasteiger partial charge on any atom is 0.191 e. The van der Waals surface area contributed by atoms with Crippen molar-refractivity contribution in [3.8, 4) is 11.5 Å². The number of methoxy groups -OCH3 is 1. The Morgan fingerprint density at radius 2 is 1.80 bits per heavy atom. The van der Waals surface area contributed by atoms with E-state index in [1.54, 1.807) is 7.11 Å². The number of hydrogen-bond acceptors (Lipinski definition) is 4. The molecule has 0 atom stereocenters. The minimum atomic E-state index is 0.550. The van der Waals surface area contributed by atoms with Gasteiger partial charge in [0, 0.05) is 25.8 Å². The predicted octanol–water partition coefficient (Wildman–Crippen LogP) is 3.76. The van der Waals surface area contributed by atoms with Gasteiger partial charge in [-0.1, -0.05) is 30.3 Å². The fourth-order valence-electron chi connectivity index (χ4n) is 2.91. The minimum Gasteiger partial charge on any atom is -0.493 e. The quantitative estimate of drug-likeness (QED) is 0.316. The zero-order chi connectivity index (χ0) is 21.0. The van der Waals surface area contributed by atoms with Gasteiger partial charge < -0.3 is 24.8 Å². The third-order valence-electron chi connectivity index (χ3n) is 4.83. The first-order valence-electron chi connectivity index (χ1n) is 10.7. The number of hydrogen-bond donors (Lipinski definition) is 2. The van der Waals surface area contributed by atoms with Crippen molar-refractivity contribution < 1.29 is 14.2 Å². The summed E-state index contributed by atoms with van der Waals surface area (Å²) < 4.78 is 16.6. The molecule has 30 heavy (non-hydrogen) atoms. The molecule has 6 nitrogen and oxygen atoms in total. The first-order chi connectivity index (χ1) is 14.8. The third-order valence-corrected chi connectivity index (χ3v) is 4.83. The van der Waals surface area contributed by atoms with E-state index in [1.807, 2.05) is 42.5 Å². The molecule has 1 aliphatic carbocycles. The Labute approximate surface area is 179 Å². The Hall–Kier alpha value is -2.73. The van der Waals surface area contributed by atoms with Crippen molar-refractivity contribution in [3.05, 3.63) is 59.7 Å². The molecule has 0 saturated heterocycles. The van der Waals surface area contributed by atoms with Crippen LogP contribution in [0.25, 0.3) is 0 Å². The van der Waals surface area contributed by atoms with E-state index in [0.717, 1.165) is 47.7 Å². The molecule has 6 heteroatoms. The summed E-state index contributed by atoms with van der Waals surface area (Å²) in [6.07, 6.45) is 2.58. The standard InChI is InChI=1S/C24H33N3O3/c1-3-25-24(26-16-19-10-12-22(13-11-19)29-15-14-28-2)27-17-21-6-4-5-7-23(21)30-18-20-8-9-20/h4-7,10-13,20H,3,8-9,14-18H2,1-2H3,(H2,25,26,27). The molecule has 1 saturated carbocycles. The van der Waals surface area contributed by atoms with Crippen LogP contribution in [0.1, 0.15) is 30.9 Å². The van der Waals surface area contributed by atoms with Crippen LogP contribution >= 0.6 is 0 Å². The molecule has 1 aliphatic rings. The minimum absolute atomic E-state index is 0.550. The van der Waals surface area contributed by atoms with E-state index in [1.165, 1.54) is 12.8 Å². The van der Waals surface area contributed by atoms with Crippen LogP contribution < -0.4 is 20.1 Å². The van der Waals surface area contributed by atoms with Crippen LogP contribution in [0.2, 0.25) is 0 Å². The lowest BCUT2D eigenvalue weighted by Gasteiger charge is -2.14. The fourth-order valence-corrected chi connectivity index (χ4v) is 2.91. The highest BCUT2D eigenvalue weighted by Crippen LogP contribution is 2.30. The van der Waals surface area contributed by atoms with E-state index < -0.39 is 0 Å². The van der Waals surface area contributed by atoms with Crippen LogP contribution in [0.4, 0.5) is 0 Å². The molecule has 0 bridgehead atoms. The second kappa shape index (κ2) is 12.1. The topological polar surface area (TPSA) is 64.1 Å². The summed E-state index contributed by atoms with van der Waals surface area (Å²) in [6.45, 7) is 6.07. The molecule has 2 aromatic rings. The summed E-state index contributed by atoms with van der Waals surface area (Å²) in [7, 11) is 1.67. The number of aliphatic imine (C=N–C) groups is 1. The molecule has 0 radical (unpaired) electrons. The van der Waals surface area contributed by atoms with Crippen molar-refractivity contribution >= 4 is 5.96 Å². The highest BCUT2D eigenvalue weighted by atomic mass is 16.5. The van der Waals surface area contributed by atoms with Crippen molar-refractivity contribution in [2.75, 3.05) is 33.5 Å². The SMILES string of the molecule is CCNC(=NCc1ccc(OCCOC)cc1)NCc1ccccc1OCC1CC1. The largest absolute Gasteiger partial charge is 0.493 e. The highest BCUT2D eigenvalue weighted by Gasteiger charge is 2.22. The molecule has 0 aliphatic heterocycles. The summed E-state index contributed by atoms with van der Waals surface area (Å²) in [5.41, 5.74) is 2.26. The number of nitrogens with zero attached hydrogens (tertiary/aromatic N) is 1. The zero-order valence-electron chi connectivity index (χ0n) is 18.0. The van der Waals surface area contributed by atoms with Crippen molar-refractivity contribution in [2.45, 2.75) is 32.9 Å². The van der Waals surface area contributed by atoms with Gasteiger partial charge >= 0.3 is 0 Å². The Bertz CT molecular complexity index is 789. The van der Waals surface area contributed by atoms with E-state index in [2.05, 4.69) is 23.6 Å². The normalized spacial score (nSPS) is 13.7. The molecule has 0 heterocycles. The van der Waals surface area contributed by atoms with Gasteiger partial charge in [-0.2, -0.15) is 0 Å².